The molecule has 49 valence electrons. The average molecular weight is 149 g/mol. The Bertz CT molecular complexity index is 272. The summed E-state index contributed by atoms with van der Waals surface area (Å²) in [5, 5.41) is 7.96. The molecule has 0 unspecified atom stereocenters. The molecular formula is C7H5N2S. The lowest BCUT2D eigenvalue weighted by atomic mass is 10.3. The van der Waals surface area contributed by atoms with Gasteiger partial charge in [-0.25, -0.2) is 10.3 Å². The van der Waals surface area contributed by atoms with E-state index in [4.69, 9.17) is 0 Å². The van der Waals surface area contributed by atoms with Crippen LogP contribution in [0, 0.1) is 0 Å². The summed E-state index contributed by atoms with van der Waals surface area (Å²) in [7, 11) is 0. The number of rotatable bonds is 1. The first-order chi connectivity index (χ1) is 4.97. The molecule has 1 radical (unpaired) electrons. The van der Waals surface area contributed by atoms with Crippen LogP contribution in [0.3, 0.4) is 0 Å². The lowest BCUT2D eigenvalue weighted by Gasteiger charge is -1.87. The summed E-state index contributed by atoms with van der Waals surface area (Å²) in [6, 6.07) is 2.04. The average Bonchev–Trinajstić information content (AvgIpc) is 2.59. The third-order valence-corrected chi connectivity index (χ3v) is 1.96. The number of nitrogens with zero attached hydrogens (tertiary/aromatic N) is 2. The van der Waals surface area contributed by atoms with Crippen LogP contribution in [0.4, 0.5) is 0 Å². The molecule has 0 spiro atoms. The molecule has 1 aliphatic heterocycles. The smallest absolute Gasteiger partial charge is 0.116 e. The summed E-state index contributed by atoms with van der Waals surface area (Å²) in [5.74, 6) is 0. The van der Waals surface area contributed by atoms with E-state index in [0.717, 1.165) is 11.3 Å². The predicted octanol–water partition coefficient (Wildman–Crippen LogP) is 1.69. The second kappa shape index (κ2) is 2.27. The molecule has 0 amide bonds. The fourth-order valence-electron chi connectivity index (χ4n) is 0.792. The van der Waals surface area contributed by atoms with Crippen LogP contribution in [0.5, 0.6) is 0 Å². The van der Waals surface area contributed by atoms with E-state index in [9.17, 15) is 0 Å². The Hall–Kier alpha value is -1.09. The Morgan fingerprint density at radius 3 is 3.00 bits per heavy atom. The van der Waals surface area contributed by atoms with Gasteiger partial charge in [-0.2, -0.15) is 11.3 Å². The molecule has 0 aromatic carbocycles. The zero-order valence-electron chi connectivity index (χ0n) is 5.19. The molecule has 0 N–H and O–H groups in total. The van der Waals surface area contributed by atoms with Crippen LogP contribution in [0.2, 0.25) is 0 Å². The summed E-state index contributed by atoms with van der Waals surface area (Å²) in [6.45, 7) is 0. The van der Waals surface area contributed by atoms with Gasteiger partial charge in [-0.3, -0.25) is 0 Å². The molecule has 0 atom stereocenters. The van der Waals surface area contributed by atoms with Crippen molar-refractivity contribution in [2.75, 3.05) is 0 Å². The van der Waals surface area contributed by atoms with E-state index in [1.807, 2.05) is 11.4 Å². The topological polar surface area (TPSA) is 26.5 Å². The lowest BCUT2D eigenvalue weighted by molar-refractivity contribution is 1.35. The number of thiophene rings is 1. The van der Waals surface area contributed by atoms with Crippen molar-refractivity contribution < 1.29 is 0 Å². The Labute approximate surface area is 62.9 Å². The Morgan fingerprint density at radius 2 is 2.40 bits per heavy atom. The maximum atomic E-state index is 4.05. The third kappa shape index (κ3) is 0.844. The normalized spacial score (nSPS) is 15.0. The van der Waals surface area contributed by atoms with Crippen molar-refractivity contribution in [2.24, 2.45) is 4.99 Å². The first-order valence-electron chi connectivity index (χ1n) is 2.92. The molecule has 1 aliphatic rings. The van der Waals surface area contributed by atoms with Gasteiger partial charge in [0.05, 0.1) is 11.9 Å². The molecule has 2 nitrogen and oxygen atoms in total. The van der Waals surface area contributed by atoms with E-state index in [1.165, 1.54) is 0 Å². The molecule has 1 aromatic heterocycles. The van der Waals surface area contributed by atoms with Crippen LogP contribution < -0.4 is 5.32 Å². The first-order valence-corrected chi connectivity index (χ1v) is 3.86. The van der Waals surface area contributed by atoms with Crippen LogP contribution in [-0.4, -0.2) is 6.34 Å². The van der Waals surface area contributed by atoms with Gasteiger partial charge in [-0.05, 0) is 11.4 Å². The van der Waals surface area contributed by atoms with Gasteiger partial charge in [-0.15, -0.1) is 0 Å². The van der Waals surface area contributed by atoms with E-state index < -0.39 is 0 Å². The summed E-state index contributed by atoms with van der Waals surface area (Å²) >= 11 is 1.67. The van der Waals surface area contributed by atoms with Gasteiger partial charge in [0.15, 0.2) is 0 Å². The molecule has 0 bridgehead atoms. The van der Waals surface area contributed by atoms with Crippen molar-refractivity contribution >= 4 is 23.4 Å². The van der Waals surface area contributed by atoms with Gasteiger partial charge in [0, 0.05) is 10.9 Å². The molecular weight excluding hydrogens is 144 g/mol. The minimum atomic E-state index is 0.959. The molecule has 0 aliphatic carbocycles. The Kier molecular flexibility index (Phi) is 1.29. The molecule has 2 heterocycles. The Balaban J connectivity index is 2.36. The summed E-state index contributed by atoms with van der Waals surface area (Å²) < 4.78 is 0. The van der Waals surface area contributed by atoms with Gasteiger partial charge in [0.25, 0.3) is 0 Å². The molecule has 0 saturated carbocycles. The number of hydrogen-bond donors (Lipinski definition) is 0. The highest BCUT2D eigenvalue weighted by molar-refractivity contribution is 7.08. The van der Waals surface area contributed by atoms with E-state index >= 15 is 0 Å². The highest BCUT2D eigenvalue weighted by atomic mass is 32.1. The van der Waals surface area contributed by atoms with Gasteiger partial charge >= 0.3 is 0 Å². The zero-order chi connectivity index (χ0) is 6.81. The van der Waals surface area contributed by atoms with Crippen LogP contribution in [0.1, 0.15) is 5.56 Å². The Morgan fingerprint density at radius 1 is 1.40 bits per heavy atom. The fourth-order valence-corrected chi connectivity index (χ4v) is 1.44. The quantitative estimate of drug-likeness (QED) is 0.581. The second-order valence-corrected chi connectivity index (χ2v) is 2.70. The highest BCUT2D eigenvalue weighted by Gasteiger charge is 2.02. The van der Waals surface area contributed by atoms with Crippen LogP contribution in [0.25, 0.3) is 5.70 Å². The molecule has 0 fully saturated rings. The summed E-state index contributed by atoms with van der Waals surface area (Å²) in [4.78, 5) is 4.05. The van der Waals surface area contributed by atoms with E-state index in [1.54, 1.807) is 23.9 Å². The van der Waals surface area contributed by atoms with Crippen molar-refractivity contribution in [1.82, 2.24) is 5.32 Å². The van der Waals surface area contributed by atoms with E-state index in [0.29, 0.717) is 0 Å². The van der Waals surface area contributed by atoms with Crippen LogP contribution >= 0.6 is 11.3 Å². The monoisotopic (exact) mass is 149 g/mol. The molecule has 0 saturated heterocycles. The predicted molar refractivity (Wildman–Crippen MR) is 42.9 cm³/mol. The van der Waals surface area contributed by atoms with E-state index in [-0.39, 0.29) is 0 Å². The van der Waals surface area contributed by atoms with Gasteiger partial charge in [0.1, 0.15) is 6.34 Å². The maximum absolute atomic E-state index is 4.05. The second-order valence-electron chi connectivity index (χ2n) is 1.92. The highest BCUT2D eigenvalue weighted by Crippen LogP contribution is 2.19. The number of aliphatic imine (C=N–C) groups is 1. The minimum absolute atomic E-state index is 0.959. The molecule has 3 heteroatoms. The fraction of sp³-hybridized carbons (Fsp3) is 0. The van der Waals surface area contributed by atoms with Crippen molar-refractivity contribution in [3.63, 3.8) is 0 Å². The number of hydrogen-bond acceptors (Lipinski definition) is 2. The van der Waals surface area contributed by atoms with E-state index in [2.05, 4.69) is 15.7 Å². The lowest BCUT2D eigenvalue weighted by Crippen LogP contribution is -1.80. The summed E-state index contributed by atoms with van der Waals surface area (Å²) in [6.07, 6.45) is 3.33. The first kappa shape index (κ1) is 5.68. The maximum Gasteiger partial charge on any atom is 0.116 e. The van der Waals surface area contributed by atoms with Crippen molar-refractivity contribution in [3.8, 4) is 0 Å². The minimum Gasteiger partial charge on any atom is -0.243 e. The van der Waals surface area contributed by atoms with Gasteiger partial charge in [-0.1, -0.05) is 0 Å². The van der Waals surface area contributed by atoms with Crippen molar-refractivity contribution in [2.45, 2.75) is 0 Å². The zero-order valence-corrected chi connectivity index (χ0v) is 6.01. The van der Waals surface area contributed by atoms with Gasteiger partial charge < -0.3 is 0 Å². The molecule has 1 aromatic rings. The SMILES string of the molecule is C1=NC(c2ccsc2)=C[N]1. The van der Waals surface area contributed by atoms with Crippen LogP contribution in [0.15, 0.2) is 28.0 Å². The van der Waals surface area contributed by atoms with Crippen molar-refractivity contribution in [3.05, 3.63) is 28.6 Å². The molecule has 2 rings (SSSR count). The molecule has 10 heavy (non-hydrogen) atoms. The summed E-state index contributed by atoms with van der Waals surface area (Å²) in [5.41, 5.74) is 2.11. The third-order valence-electron chi connectivity index (χ3n) is 1.28. The largest absolute Gasteiger partial charge is 0.243 e. The van der Waals surface area contributed by atoms with Gasteiger partial charge in [0.2, 0.25) is 0 Å². The van der Waals surface area contributed by atoms with Crippen LogP contribution in [-0.2, 0) is 0 Å². The standard InChI is InChI=1S/C7H5N2S/c1-2-10-4-6(1)7-3-8-5-9-7/h1-5H. The van der Waals surface area contributed by atoms with Crippen molar-refractivity contribution in [1.29, 1.82) is 0 Å².